The normalized spacial score (nSPS) is 10.6. The molecule has 1 heterocycles. The second-order valence-corrected chi connectivity index (χ2v) is 5.08. The number of aromatic amines is 2. The summed E-state index contributed by atoms with van der Waals surface area (Å²) in [5.74, 6) is -0.00905. The fraction of sp³-hybridized carbons (Fsp3) is 0.267. The third kappa shape index (κ3) is 3.92. The summed E-state index contributed by atoms with van der Waals surface area (Å²) in [4.78, 5) is 38.9. The first-order valence-electron chi connectivity index (χ1n) is 6.67. The van der Waals surface area contributed by atoms with E-state index in [0.717, 1.165) is 11.3 Å². The lowest BCUT2D eigenvalue weighted by Crippen LogP contribution is -2.25. The molecule has 6 heteroatoms. The predicted octanol–water partition coefficient (Wildman–Crippen LogP) is 1.37. The summed E-state index contributed by atoms with van der Waals surface area (Å²) in [6.07, 6.45) is -0.0639. The quantitative estimate of drug-likeness (QED) is 0.792. The predicted molar refractivity (Wildman–Crippen MR) is 80.5 cm³/mol. The summed E-state index contributed by atoms with van der Waals surface area (Å²) < 4.78 is 0. The van der Waals surface area contributed by atoms with Gasteiger partial charge in [0, 0.05) is 17.4 Å². The zero-order valence-electron chi connectivity index (χ0n) is 11.9. The Labute approximate surface area is 121 Å². The van der Waals surface area contributed by atoms with E-state index in [2.05, 4.69) is 15.3 Å². The molecule has 1 amide bonds. The summed E-state index contributed by atoms with van der Waals surface area (Å²) in [6.45, 7) is 4.08. The molecule has 0 aliphatic rings. The summed E-state index contributed by atoms with van der Waals surface area (Å²) in [7, 11) is 0. The maximum absolute atomic E-state index is 12.0. The molecule has 6 nitrogen and oxygen atoms in total. The van der Waals surface area contributed by atoms with Crippen LogP contribution in [0.15, 0.2) is 39.9 Å². The molecule has 0 saturated heterocycles. The van der Waals surface area contributed by atoms with Gasteiger partial charge >= 0.3 is 5.69 Å². The Hall–Kier alpha value is -2.63. The Morgan fingerprint density at radius 3 is 2.57 bits per heavy atom. The highest BCUT2D eigenvalue weighted by Gasteiger charge is 2.10. The van der Waals surface area contributed by atoms with Gasteiger partial charge in [0.2, 0.25) is 5.91 Å². The summed E-state index contributed by atoms with van der Waals surface area (Å²) in [5.41, 5.74) is 0.912. The fourth-order valence-corrected chi connectivity index (χ4v) is 2.10. The van der Waals surface area contributed by atoms with Crippen LogP contribution in [0.1, 0.15) is 31.0 Å². The highest BCUT2D eigenvalue weighted by Crippen LogP contribution is 2.23. The Bertz CT molecular complexity index is 731. The summed E-state index contributed by atoms with van der Waals surface area (Å²) in [5, 5.41) is 2.81. The van der Waals surface area contributed by atoms with E-state index in [1.165, 1.54) is 6.07 Å². The van der Waals surface area contributed by atoms with Crippen LogP contribution < -0.4 is 16.6 Å². The number of rotatable bonds is 4. The van der Waals surface area contributed by atoms with E-state index < -0.39 is 11.2 Å². The van der Waals surface area contributed by atoms with E-state index >= 15 is 0 Å². The molecule has 1 aromatic carbocycles. The van der Waals surface area contributed by atoms with Crippen LogP contribution in [0.2, 0.25) is 0 Å². The molecule has 0 radical (unpaired) electrons. The molecule has 0 aliphatic carbocycles. The van der Waals surface area contributed by atoms with Crippen molar-refractivity contribution in [2.75, 3.05) is 5.32 Å². The second kappa shape index (κ2) is 6.21. The van der Waals surface area contributed by atoms with Crippen LogP contribution in [0.4, 0.5) is 5.69 Å². The van der Waals surface area contributed by atoms with Crippen LogP contribution >= 0.6 is 0 Å². The van der Waals surface area contributed by atoms with Crippen LogP contribution in [0.3, 0.4) is 0 Å². The molecule has 0 unspecified atom stereocenters. The van der Waals surface area contributed by atoms with Gasteiger partial charge in [-0.25, -0.2) is 4.79 Å². The van der Waals surface area contributed by atoms with Gasteiger partial charge in [-0.05, 0) is 17.5 Å². The first-order chi connectivity index (χ1) is 9.95. The number of hydrogen-bond donors (Lipinski definition) is 3. The fourth-order valence-electron chi connectivity index (χ4n) is 2.10. The molecule has 2 aromatic rings. The minimum atomic E-state index is -0.618. The number of nitrogens with one attached hydrogen (secondary N) is 3. The monoisotopic (exact) mass is 287 g/mol. The maximum atomic E-state index is 12.0. The van der Waals surface area contributed by atoms with Gasteiger partial charge in [0.1, 0.15) is 0 Å². The van der Waals surface area contributed by atoms with Gasteiger partial charge in [0.05, 0.1) is 6.42 Å². The molecule has 0 fully saturated rings. The van der Waals surface area contributed by atoms with Gasteiger partial charge in [-0.1, -0.05) is 32.0 Å². The number of anilines is 1. The molecule has 0 bridgehead atoms. The lowest BCUT2D eigenvalue weighted by atomic mass is 10.0. The Morgan fingerprint density at radius 1 is 1.19 bits per heavy atom. The number of carbonyl (C=O) groups is 1. The average Bonchev–Trinajstić information content (AvgIpc) is 2.37. The number of hydrogen-bond acceptors (Lipinski definition) is 3. The van der Waals surface area contributed by atoms with Crippen molar-refractivity contribution in [1.82, 2.24) is 9.97 Å². The smallest absolute Gasteiger partial charge is 0.325 e. The highest BCUT2D eigenvalue weighted by molar-refractivity contribution is 5.92. The molecule has 1 aromatic heterocycles. The van der Waals surface area contributed by atoms with Crippen molar-refractivity contribution in [3.05, 3.63) is 62.4 Å². The van der Waals surface area contributed by atoms with E-state index in [9.17, 15) is 14.4 Å². The average molecular weight is 287 g/mol. The molecular formula is C15H17N3O3. The molecule has 0 atom stereocenters. The number of aromatic nitrogens is 2. The van der Waals surface area contributed by atoms with Crippen molar-refractivity contribution < 1.29 is 4.79 Å². The largest absolute Gasteiger partial charge is 0.325 e. The van der Waals surface area contributed by atoms with E-state index in [-0.39, 0.29) is 23.9 Å². The zero-order chi connectivity index (χ0) is 15.4. The van der Waals surface area contributed by atoms with Crippen molar-refractivity contribution in [3.8, 4) is 0 Å². The third-order valence-corrected chi connectivity index (χ3v) is 3.02. The first kappa shape index (κ1) is 14.8. The molecule has 0 aliphatic heterocycles. The van der Waals surface area contributed by atoms with Gasteiger partial charge in [0.25, 0.3) is 5.56 Å². The van der Waals surface area contributed by atoms with Gasteiger partial charge in [0.15, 0.2) is 0 Å². The molecule has 0 saturated carbocycles. The topological polar surface area (TPSA) is 94.8 Å². The van der Waals surface area contributed by atoms with E-state index in [1.807, 2.05) is 38.1 Å². The minimum Gasteiger partial charge on any atom is -0.325 e. The van der Waals surface area contributed by atoms with Crippen LogP contribution in [0.5, 0.6) is 0 Å². The summed E-state index contributed by atoms with van der Waals surface area (Å²) >= 11 is 0. The number of carbonyl (C=O) groups excluding carboxylic acids is 1. The number of amides is 1. The van der Waals surface area contributed by atoms with Crippen LogP contribution in [0, 0.1) is 0 Å². The van der Waals surface area contributed by atoms with Crippen LogP contribution in [-0.4, -0.2) is 15.9 Å². The molecule has 3 N–H and O–H groups in total. The van der Waals surface area contributed by atoms with Crippen molar-refractivity contribution in [2.24, 2.45) is 0 Å². The van der Waals surface area contributed by atoms with Gasteiger partial charge in [-0.3, -0.25) is 14.6 Å². The zero-order valence-corrected chi connectivity index (χ0v) is 11.9. The Balaban J connectivity index is 2.15. The number of H-pyrrole nitrogens is 2. The molecular weight excluding hydrogens is 270 g/mol. The lowest BCUT2D eigenvalue weighted by Gasteiger charge is -2.13. The molecule has 21 heavy (non-hydrogen) atoms. The minimum absolute atomic E-state index is 0.0639. The van der Waals surface area contributed by atoms with Crippen LogP contribution in [-0.2, 0) is 11.2 Å². The lowest BCUT2D eigenvalue weighted by molar-refractivity contribution is -0.115. The molecule has 110 valence electrons. The molecule has 2 rings (SSSR count). The Morgan fingerprint density at radius 2 is 1.90 bits per heavy atom. The molecule has 0 spiro atoms. The van der Waals surface area contributed by atoms with Gasteiger partial charge in [-0.2, -0.15) is 0 Å². The third-order valence-electron chi connectivity index (χ3n) is 3.02. The van der Waals surface area contributed by atoms with E-state index in [0.29, 0.717) is 0 Å². The van der Waals surface area contributed by atoms with E-state index in [1.54, 1.807) is 0 Å². The van der Waals surface area contributed by atoms with Crippen molar-refractivity contribution >= 4 is 11.6 Å². The second-order valence-electron chi connectivity index (χ2n) is 5.08. The Kier molecular flexibility index (Phi) is 4.37. The van der Waals surface area contributed by atoms with Crippen molar-refractivity contribution in [1.29, 1.82) is 0 Å². The highest BCUT2D eigenvalue weighted by atomic mass is 16.2. The van der Waals surface area contributed by atoms with Crippen molar-refractivity contribution in [3.63, 3.8) is 0 Å². The first-order valence-corrected chi connectivity index (χ1v) is 6.67. The van der Waals surface area contributed by atoms with Crippen LogP contribution in [0.25, 0.3) is 0 Å². The van der Waals surface area contributed by atoms with Crippen molar-refractivity contribution in [2.45, 2.75) is 26.2 Å². The number of para-hydroxylation sites is 1. The van der Waals surface area contributed by atoms with E-state index in [4.69, 9.17) is 0 Å². The number of benzene rings is 1. The SMILES string of the molecule is CC(C)c1ccccc1NC(=O)Cc1cc(=O)[nH]c(=O)[nH]1. The maximum Gasteiger partial charge on any atom is 0.325 e. The van der Waals surface area contributed by atoms with Gasteiger partial charge in [-0.15, -0.1) is 0 Å². The summed E-state index contributed by atoms with van der Waals surface area (Å²) in [6, 6.07) is 8.74. The standard InChI is InChI=1S/C15H17N3O3/c1-9(2)11-5-3-4-6-12(11)17-13(19)7-10-8-14(20)18-15(21)16-10/h3-6,8-9H,7H2,1-2H3,(H,17,19)(H2,16,18,20,21). The van der Waals surface area contributed by atoms with Gasteiger partial charge < -0.3 is 10.3 Å².